The molecule has 0 bridgehead atoms. The Kier molecular flexibility index (Phi) is 2.44. The van der Waals surface area contributed by atoms with E-state index in [0.717, 1.165) is 6.42 Å². The topological polar surface area (TPSA) is 0 Å². The van der Waals surface area contributed by atoms with Gasteiger partial charge in [0.25, 0.3) is 0 Å². The van der Waals surface area contributed by atoms with E-state index in [2.05, 4.69) is 0 Å². The van der Waals surface area contributed by atoms with Gasteiger partial charge in [0.15, 0.2) is 0 Å². The third-order valence-corrected chi connectivity index (χ3v) is 3.82. The second kappa shape index (κ2) is 2.65. The maximum Gasteiger partial charge on any atom is 0.136 e. The average molecular weight is 208 g/mol. The van der Waals surface area contributed by atoms with Crippen molar-refractivity contribution in [2.75, 3.05) is 0 Å². The highest BCUT2D eigenvalue weighted by atomic mass is 35.5. The zero-order valence-corrected chi connectivity index (χ0v) is 7.60. The van der Waals surface area contributed by atoms with Gasteiger partial charge < -0.3 is 0 Å². The minimum absolute atomic E-state index is 0.0679. The van der Waals surface area contributed by atoms with Crippen molar-refractivity contribution in [3.05, 3.63) is 0 Å². The van der Waals surface area contributed by atoms with Crippen LogP contribution in [0, 0.1) is 0 Å². The third-order valence-electron chi connectivity index (χ3n) is 1.47. The van der Waals surface area contributed by atoms with Crippen molar-refractivity contribution in [2.24, 2.45) is 0 Å². The van der Waals surface area contributed by atoms with Crippen molar-refractivity contribution in [3.8, 4) is 0 Å². The van der Waals surface area contributed by atoms with E-state index in [-0.39, 0.29) is 10.8 Å². The first kappa shape index (κ1) is 8.26. The van der Waals surface area contributed by atoms with Crippen LogP contribution in [0.25, 0.3) is 0 Å². The molecule has 1 aliphatic rings. The quantitative estimate of drug-likeness (QED) is 0.536. The van der Waals surface area contributed by atoms with Gasteiger partial charge in [-0.2, -0.15) is 0 Å². The molecule has 54 valence electrons. The molecule has 0 N–H and O–H groups in total. The average Bonchev–Trinajstić information content (AvgIpc) is 1.97. The molecule has 4 heteroatoms. The molecule has 0 aromatic rings. The fourth-order valence-electron chi connectivity index (χ4n) is 0.879. The summed E-state index contributed by atoms with van der Waals surface area (Å²) in [6.07, 6.45) is 1.50. The SMILES string of the molecule is ClC1CCC(Cl)(Cl)C1Cl. The van der Waals surface area contributed by atoms with E-state index in [1.54, 1.807) is 0 Å². The van der Waals surface area contributed by atoms with Crippen LogP contribution in [0.3, 0.4) is 0 Å². The Hall–Kier alpha value is 1.16. The molecule has 0 saturated heterocycles. The summed E-state index contributed by atoms with van der Waals surface area (Å²) in [6.45, 7) is 0. The summed E-state index contributed by atoms with van der Waals surface area (Å²) < 4.78 is -0.798. The third kappa shape index (κ3) is 1.59. The lowest BCUT2D eigenvalue weighted by Crippen LogP contribution is -2.23. The number of halogens is 4. The summed E-state index contributed by atoms with van der Waals surface area (Å²) in [6, 6.07) is 0. The summed E-state index contributed by atoms with van der Waals surface area (Å²) in [5, 5.41) is -0.371. The largest absolute Gasteiger partial charge is 0.136 e. The summed E-state index contributed by atoms with van der Waals surface area (Å²) in [7, 11) is 0. The van der Waals surface area contributed by atoms with Crippen molar-refractivity contribution in [1.82, 2.24) is 0 Å². The van der Waals surface area contributed by atoms with E-state index in [4.69, 9.17) is 46.4 Å². The first-order chi connectivity index (χ1) is 4.04. The van der Waals surface area contributed by atoms with Gasteiger partial charge >= 0.3 is 0 Å². The maximum atomic E-state index is 5.76. The van der Waals surface area contributed by atoms with Gasteiger partial charge in [0, 0.05) is 0 Å². The van der Waals surface area contributed by atoms with Crippen LogP contribution in [0.4, 0.5) is 0 Å². The van der Waals surface area contributed by atoms with Crippen LogP contribution < -0.4 is 0 Å². The van der Waals surface area contributed by atoms with Crippen LogP contribution in [0.1, 0.15) is 12.8 Å². The minimum atomic E-state index is -0.798. The molecule has 2 unspecified atom stereocenters. The molecule has 2 atom stereocenters. The number of alkyl halides is 4. The monoisotopic (exact) mass is 206 g/mol. The van der Waals surface area contributed by atoms with Crippen molar-refractivity contribution < 1.29 is 0 Å². The molecule has 0 nitrogen and oxygen atoms in total. The lowest BCUT2D eigenvalue weighted by Gasteiger charge is -2.16. The van der Waals surface area contributed by atoms with E-state index in [9.17, 15) is 0 Å². The van der Waals surface area contributed by atoms with Crippen molar-refractivity contribution in [1.29, 1.82) is 0 Å². The maximum absolute atomic E-state index is 5.76. The van der Waals surface area contributed by atoms with Crippen molar-refractivity contribution >= 4 is 46.4 Å². The Bertz CT molecular complexity index is 112. The van der Waals surface area contributed by atoms with E-state index in [0.29, 0.717) is 6.42 Å². The Morgan fingerprint density at radius 1 is 1.22 bits per heavy atom. The highest BCUT2D eigenvalue weighted by Gasteiger charge is 2.44. The normalized spacial score (nSPS) is 41.3. The molecule has 9 heavy (non-hydrogen) atoms. The van der Waals surface area contributed by atoms with Gasteiger partial charge in [0.2, 0.25) is 0 Å². The van der Waals surface area contributed by atoms with E-state index >= 15 is 0 Å². The highest BCUT2D eigenvalue weighted by molar-refractivity contribution is 6.53. The zero-order chi connectivity index (χ0) is 7.07. The standard InChI is InChI=1S/C5H6Cl4/c6-3-1-2-5(8,9)4(3)7/h3-4H,1-2H2. The van der Waals surface area contributed by atoms with Crippen LogP contribution in [0.5, 0.6) is 0 Å². The van der Waals surface area contributed by atoms with Crippen molar-refractivity contribution in [3.63, 3.8) is 0 Å². The fraction of sp³-hybridized carbons (Fsp3) is 1.00. The molecule has 0 spiro atoms. The first-order valence-electron chi connectivity index (χ1n) is 2.70. The Morgan fingerprint density at radius 2 is 1.78 bits per heavy atom. The zero-order valence-electron chi connectivity index (χ0n) is 4.58. The van der Waals surface area contributed by atoms with Gasteiger partial charge in [-0.15, -0.1) is 23.2 Å². The molecule has 0 heterocycles. The minimum Gasteiger partial charge on any atom is -0.121 e. The van der Waals surface area contributed by atoms with Gasteiger partial charge in [-0.3, -0.25) is 0 Å². The van der Waals surface area contributed by atoms with Crippen molar-refractivity contribution in [2.45, 2.75) is 27.9 Å². The predicted octanol–water partition coefficient (Wildman–Crippen LogP) is 3.17. The summed E-state index contributed by atoms with van der Waals surface area (Å²) in [4.78, 5) is 0. The molecule has 1 saturated carbocycles. The van der Waals surface area contributed by atoms with Gasteiger partial charge in [0.05, 0.1) is 10.8 Å². The van der Waals surface area contributed by atoms with Crippen LogP contribution in [-0.4, -0.2) is 15.1 Å². The first-order valence-corrected chi connectivity index (χ1v) is 4.33. The molecule has 1 fully saturated rings. The summed E-state index contributed by atoms with van der Waals surface area (Å²) in [5.41, 5.74) is 0. The molecule has 1 rings (SSSR count). The smallest absolute Gasteiger partial charge is 0.121 e. The Balaban J connectivity index is 2.62. The van der Waals surface area contributed by atoms with E-state index < -0.39 is 4.33 Å². The van der Waals surface area contributed by atoms with Crippen LogP contribution in [0.15, 0.2) is 0 Å². The van der Waals surface area contributed by atoms with E-state index in [1.165, 1.54) is 0 Å². The number of hydrogen-bond acceptors (Lipinski definition) is 0. The highest BCUT2D eigenvalue weighted by Crippen LogP contribution is 2.45. The molecule has 0 aliphatic heterocycles. The molecular weight excluding hydrogens is 202 g/mol. The molecule has 1 aliphatic carbocycles. The Labute approximate surface area is 74.4 Å². The van der Waals surface area contributed by atoms with Gasteiger partial charge in [0.1, 0.15) is 4.33 Å². The van der Waals surface area contributed by atoms with Crippen LogP contribution >= 0.6 is 46.4 Å². The lowest BCUT2D eigenvalue weighted by atomic mass is 10.3. The molecular formula is C5H6Cl4. The van der Waals surface area contributed by atoms with E-state index in [1.807, 2.05) is 0 Å². The van der Waals surface area contributed by atoms with Gasteiger partial charge in [-0.1, -0.05) is 23.2 Å². The summed E-state index contributed by atoms with van der Waals surface area (Å²) in [5.74, 6) is 0. The second-order valence-corrected chi connectivity index (χ2v) is 4.79. The van der Waals surface area contributed by atoms with Crippen LogP contribution in [-0.2, 0) is 0 Å². The molecule has 0 aromatic carbocycles. The lowest BCUT2D eigenvalue weighted by molar-refractivity contribution is 0.823. The fourth-order valence-corrected chi connectivity index (χ4v) is 2.09. The molecule has 0 aromatic heterocycles. The molecule has 0 amide bonds. The summed E-state index contributed by atoms with van der Waals surface area (Å²) >= 11 is 23.0. The second-order valence-electron chi connectivity index (χ2n) is 2.22. The molecule has 0 radical (unpaired) electrons. The van der Waals surface area contributed by atoms with Gasteiger partial charge in [-0.05, 0) is 12.8 Å². The number of rotatable bonds is 0. The van der Waals surface area contributed by atoms with Gasteiger partial charge in [-0.25, -0.2) is 0 Å². The number of hydrogen-bond donors (Lipinski definition) is 0. The van der Waals surface area contributed by atoms with Crippen LogP contribution in [0.2, 0.25) is 0 Å². The Morgan fingerprint density at radius 3 is 1.89 bits per heavy atom. The predicted molar refractivity (Wildman–Crippen MR) is 43.0 cm³/mol.